The SMILES string of the molecule is CCN1CCN(c2nnccc2C(=N)N)CC1C. The van der Waals surface area contributed by atoms with Crippen molar-refractivity contribution in [3.05, 3.63) is 17.8 Å². The second-order valence-electron chi connectivity index (χ2n) is 4.61. The highest BCUT2D eigenvalue weighted by Crippen LogP contribution is 2.19. The highest BCUT2D eigenvalue weighted by Gasteiger charge is 2.25. The summed E-state index contributed by atoms with van der Waals surface area (Å²) in [7, 11) is 0. The number of nitrogen functional groups attached to an aromatic ring is 1. The van der Waals surface area contributed by atoms with Crippen LogP contribution in [0.15, 0.2) is 12.3 Å². The van der Waals surface area contributed by atoms with E-state index in [2.05, 4.69) is 33.8 Å². The Hall–Kier alpha value is -1.69. The molecule has 2 rings (SSSR count). The van der Waals surface area contributed by atoms with Crippen LogP contribution in [0.3, 0.4) is 0 Å². The van der Waals surface area contributed by atoms with Gasteiger partial charge in [0.15, 0.2) is 5.82 Å². The number of hydrogen-bond acceptors (Lipinski definition) is 5. The fourth-order valence-corrected chi connectivity index (χ4v) is 2.43. The molecule has 2 heterocycles. The van der Waals surface area contributed by atoms with E-state index in [1.807, 2.05) is 0 Å². The molecule has 6 nitrogen and oxygen atoms in total. The molecule has 6 heteroatoms. The molecule has 1 saturated heterocycles. The van der Waals surface area contributed by atoms with Crippen LogP contribution in [0.5, 0.6) is 0 Å². The Morgan fingerprint density at radius 3 is 2.94 bits per heavy atom. The molecule has 0 aliphatic carbocycles. The Kier molecular flexibility index (Phi) is 3.76. The summed E-state index contributed by atoms with van der Waals surface area (Å²) in [6, 6.07) is 2.23. The lowest BCUT2D eigenvalue weighted by atomic mass is 10.1. The molecule has 0 bridgehead atoms. The van der Waals surface area contributed by atoms with Crippen LogP contribution in [-0.2, 0) is 0 Å². The third kappa shape index (κ3) is 2.43. The first-order valence-corrected chi connectivity index (χ1v) is 6.28. The highest BCUT2D eigenvalue weighted by molar-refractivity contribution is 5.99. The second-order valence-corrected chi connectivity index (χ2v) is 4.61. The number of amidine groups is 1. The normalized spacial score (nSPS) is 21.0. The minimum atomic E-state index is 0.0467. The molecule has 0 radical (unpaired) electrons. The molecule has 1 atom stereocenters. The third-order valence-corrected chi connectivity index (χ3v) is 3.46. The van der Waals surface area contributed by atoms with E-state index in [9.17, 15) is 0 Å². The van der Waals surface area contributed by atoms with E-state index in [-0.39, 0.29) is 5.84 Å². The standard InChI is InChI=1S/C12H20N6/c1-3-17-6-7-18(8-9(17)2)12-10(11(13)14)4-5-15-16-12/h4-5,9H,3,6-8H2,1-2H3,(H3,13,14). The summed E-state index contributed by atoms with van der Waals surface area (Å²) in [6.07, 6.45) is 1.58. The van der Waals surface area contributed by atoms with Crippen LogP contribution < -0.4 is 10.6 Å². The topological polar surface area (TPSA) is 82.1 Å². The molecule has 0 aromatic carbocycles. The van der Waals surface area contributed by atoms with Crippen molar-refractivity contribution in [2.24, 2.45) is 5.73 Å². The first-order valence-electron chi connectivity index (χ1n) is 6.28. The van der Waals surface area contributed by atoms with Gasteiger partial charge in [0.1, 0.15) is 5.84 Å². The van der Waals surface area contributed by atoms with Gasteiger partial charge in [-0.05, 0) is 19.5 Å². The molecular formula is C12H20N6. The van der Waals surface area contributed by atoms with Gasteiger partial charge in [-0.1, -0.05) is 6.92 Å². The van der Waals surface area contributed by atoms with E-state index in [1.165, 1.54) is 0 Å². The van der Waals surface area contributed by atoms with Crippen molar-refractivity contribution in [1.29, 1.82) is 5.41 Å². The number of aromatic nitrogens is 2. The van der Waals surface area contributed by atoms with Gasteiger partial charge < -0.3 is 10.6 Å². The van der Waals surface area contributed by atoms with Gasteiger partial charge in [-0.2, -0.15) is 5.10 Å². The number of nitrogens with two attached hydrogens (primary N) is 1. The van der Waals surface area contributed by atoms with Crippen LogP contribution in [0.2, 0.25) is 0 Å². The minimum absolute atomic E-state index is 0.0467. The Balaban J connectivity index is 2.20. The molecule has 1 aromatic heterocycles. The Labute approximate surface area is 107 Å². The molecule has 0 amide bonds. The number of anilines is 1. The lowest BCUT2D eigenvalue weighted by molar-refractivity contribution is 0.199. The summed E-state index contributed by atoms with van der Waals surface area (Å²) in [5.41, 5.74) is 6.26. The summed E-state index contributed by atoms with van der Waals surface area (Å²) >= 11 is 0. The van der Waals surface area contributed by atoms with Gasteiger partial charge in [-0.25, -0.2) is 0 Å². The predicted molar refractivity (Wildman–Crippen MR) is 72.0 cm³/mol. The number of hydrogen-bond donors (Lipinski definition) is 2. The number of piperazine rings is 1. The van der Waals surface area contributed by atoms with Crippen molar-refractivity contribution in [2.75, 3.05) is 31.1 Å². The van der Waals surface area contributed by atoms with E-state index >= 15 is 0 Å². The summed E-state index contributed by atoms with van der Waals surface area (Å²) in [5, 5.41) is 15.6. The minimum Gasteiger partial charge on any atom is -0.384 e. The lowest BCUT2D eigenvalue weighted by Crippen LogP contribution is -2.52. The highest BCUT2D eigenvalue weighted by atomic mass is 15.3. The van der Waals surface area contributed by atoms with Crippen LogP contribution in [0, 0.1) is 5.41 Å². The van der Waals surface area contributed by atoms with Crippen molar-refractivity contribution in [1.82, 2.24) is 15.1 Å². The summed E-state index contributed by atoms with van der Waals surface area (Å²) < 4.78 is 0. The van der Waals surface area contributed by atoms with E-state index < -0.39 is 0 Å². The quantitative estimate of drug-likeness (QED) is 0.593. The van der Waals surface area contributed by atoms with Crippen molar-refractivity contribution >= 4 is 11.7 Å². The van der Waals surface area contributed by atoms with Gasteiger partial charge in [0.2, 0.25) is 0 Å². The zero-order valence-electron chi connectivity index (χ0n) is 10.9. The van der Waals surface area contributed by atoms with Crippen molar-refractivity contribution < 1.29 is 0 Å². The maximum absolute atomic E-state index is 7.59. The molecule has 3 N–H and O–H groups in total. The maximum atomic E-state index is 7.59. The Morgan fingerprint density at radius 2 is 2.33 bits per heavy atom. The van der Waals surface area contributed by atoms with E-state index in [4.69, 9.17) is 11.1 Å². The van der Waals surface area contributed by atoms with Gasteiger partial charge in [0, 0.05) is 25.7 Å². The predicted octanol–water partition coefficient (Wildman–Crippen LogP) is 0.291. The largest absolute Gasteiger partial charge is 0.384 e. The van der Waals surface area contributed by atoms with Crippen LogP contribution >= 0.6 is 0 Å². The maximum Gasteiger partial charge on any atom is 0.162 e. The molecule has 1 aliphatic heterocycles. The van der Waals surface area contributed by atoms with Gasteiger partial charge in [0.05, 0.1) is 11.8 Å². The van der Waals surface area contributed by atoms with E-state index in [0.717, 1.165) is 32.0 Å². The molecule has 98 valence electrons. The Morgan fingerprint density at radius 1 is 1.56 bits per heavy atom. The zero-order valence-corrected chi connectivity index (χ0v) is 10.9. The fraction of sp³-hybridized carbons (Fsp3) is 0.583. The summed E-state index contributed by atoms with van der Waals surface area (Å²) in [4.78, 5) is 4.60. The number of nitrogens with one attached hydrogen (secondary N) is 1. The second kappa shape index (κ2) is 5.30. The van der Waals surface area contributed by atoms with Crippen molar-refractivity contribution in [2.45, 2.75) is 19.9 Å². The number of nitrogens with zero attached hydrogens (tertiary/aromatic N) is 4. The van der Waals surface area contributed by atoms with Crippen LogP contribution in [0.1, 0.15) is 19.4 Å². The molecule has 18 heavy (non-hydrogen) atoms. The average molecular weight is 248 g/mol. The van der Waals surface area contributed by atoms with E-state index in [1.54, 1.807) is 12.3 Å². The van der Waals surface area contributed by atoms with E-state index in [0.29, 0.717) is 11.6 Å². The van der Waals surface area contributed by atoms with Gasteiger partial charge in [-0.3, -0.25) is 10.3 Å². The monoisotopic (exact) mass is 248 g/mol. The first kappa shape index (κ1) is 12.8. The van der Waals surface area contributed by atoms with Gasteiger partial charge >= 0.3 is 0 Å². The zero-order chi connectivity index (χ0) is 13.1. The smallest absolute Gasteiger partial charge is 0.162 e. The van der Waals surface area contributed by atoms with Crippen LogP contribution in [0.25, 0.3) is 0 Å². The van der Waals surface area contributed by atoms with Crippen molar-refractivity contribution in [3.8, 4) is 0 Å². The summed E-state index contributed by atoms with van der Waals surface area (Å²) in [5.74, 6) is 0.776. The lowest BCUT2D eigenvalue weighted by Gasteiger charge is -2.40. The average Bonchev–Trinajstić information content (AvgIpc) is 2.38. The fourth-order valence-electron chi connectivity index (χ4n) is 2.43. The molecule has 1 aromatic rings. The molecule has 0 spiro atoms. The molecule has 0 saturated carbocycles. The Bertz CT molecular complexity index is 432. The molecule has 1 aliphatic rings. The first-order chi connectivity index (χ1) is 8.63. The van der Waals surface area contributed by atoms with Crippen molar-refractivity contribution in [3.63, 3.8) is 0 Å². The van der Waals surface area contributed by atoms with Crippen LogP contribution in [0.4, 0.5) is 5.82 Å². The molecule has 1 fully saturated rings. The number of rotatable bonds is 3. The van der Waals surface area contributed by atoms with Gasteiger partial charge in [-0.15, -0.1) is 5.10 Å². The number of likely N-dealkylation sites (N-methyl/N-ethyl adjacent to an activating group) is 1. The third-order valence-electron chi connectivity index (χ3n) is 3.46. The summed E-state index contributed by atoms with van der Waals surface area (Å²) in [6.45, 7) is 8.25. The molecular weight excluding hydrogens is 228 g/mol. The molecule has 1 unspecified atom stereocenters. The van der Waals surface area contributed by atoms with Gasteiger partial charge in [0.25, 0.3) is 0 Å². The van der Waals surface area contributed by atoms with Crippen LogP contribution in [-0.4, -0.2) is 53.2 Å².